The molecule has 0 spiro atoms. The van der Waals surface area contributed by atoms with Crippen molar-refractivity contribution in [3.8, 4) is 17.2 Å². The summed E-state index contributed by atoms with van der Waals surface area (Å²) in [6.07, 6.45) is 0.745. The van der Waals surface area contributed by atoms with Gasteiger partial charge in [0, 0.05) is 20.1 Å². The van der Waals surface area contributed by atoms with Gasteiger partial charge in [-0.1, -0.05) is 25.6 Å². The summed E-state index contributed by atoms with van der Waals surface area (Å²) in [7, 11) is 0.140. The van der Waals surface area contributed by atoms with Gasteiger partial charge in [-0.2, -0.15) is 0 Å². The summed E-state index contributed by atoms with van der Waals surface area (Å²) in [5.41, 5.74) is 4.21. The molecular formula is C16H22O4Si. The zero-order valence-corrected chi connectivity index (χ0v) is 14.0. The highest BCUT2D eigenvalue weighted by Gasteiger charge is 2.11. The third-order valence-corrected chi connectivity index (χ3v) is 3.43. The Kier molecular flexibility index (Phi) is 6.47. The number of carbonyl (C=O) groups is 1. The summed E-state index contributed by atoms with van der Waals surface area (Å²) in [6, 6.07) is 4.80. The van der Waals surface area contributed by atoms with Gasteiger partial charge < -0.3 is 14.6 Å². The van der Waals surface area contributed by atoms with Gasteiger partial charge in [-0.25, -0.2) is 4.79 Å². The number of aromatic carboxylic acids is 1. The molecule has 0 saturated carbocycles. The summed E-state index contributed by atoms with van der Waals surface area (Å²) in [5.74, 6) is 2.68. The molecule has 1 aromatic carbocycles. The summed E-state index contributed by atoms with van der Waals surface area (Å²) in [5, 5.41) is 9.06. The fourth-order valence-corrected chi connectivity index (χ4v) is 2.03. The van der Waals surface area contributed by atoms with Gasteiger partial charge >= 0.3 is 5.97 Å². The second-order valence-electron chi connectivity index (χ2n) is 5.71. The average molecular weight is 306 g/mol. The molecule has 0 unspecified atom stereocenters. The fourth-order valence-electron chi connectivity index (χ4n) is 1.52. The lowest BCUT2D eigenvalue weighted by molar-refractivity contribution is 0.0696. The molecule has 1 N–H and O–H groups in total. The summed E-state index contributed by atoms with van der Waals surface area (Å²) in [6.45, 7) is 7.55. The highest BCUT2D eigenvalue weighted by Crippen LogP contribution is 2.20. The largest absolute Gasteiger partial charge is 0.492 e. The number of benzene rings is 1. The van der Waals surface area contributed by atoms with Crippen LogP contribution in [0.3, 0.4) is 0 Å². The minimum atomic E-state index is -1.50. The molecule has 21 heavy (non-hydrogen) atoms. The maximum Gasteiger partial charge on any atom is 0.335 e. The predicted octanol–water partition coefficient (Wildman–Crippen LogP) is 3.03. The first-order valence-electron chi connectivity index (χ1n) is 6.86. The van der Waals surface area contributed by atoms with E-state index in [1.165, 1.54) is 6.07 Å². The smallest absolute Gasteiger partial charge is 0.335 e. The van der Waals surface area contributed by atoms with Crippen LogP contribution in [0.2, 0.25) is 19.6 Å². The van der Waals surface area contributed by atoms with Gasteiger partial charge in [0.25, 0.3) is 0 Å². The molecule has 0 aliphatic heterocycles. The molecule has 4 nitrogen and oxygen atoms in total. The number of methoxy groups -OCH3 is 1. The standard InChI is InChI=1S/C16H22O4Si/c1-19-9-5-10-20-15-12-14(16(17)18)7-6-13(15)8-11-21(2,3)4/h6-7,12H,5,9-10H2,1-4H3,(H,17,18). The highest BCUT2D eigenvalue weighted by molar-refractivity contribution is 6.83. The highest BCUT2D eigenvalue weighted by atomic mass is 28.3. The van der Waals surface area contributed by atoms with E-state index >= 15 is 0 Å². The van der Waals surface area contributed by atoms with Crippen LogP contribution in [-0.4, -0.2) is 39.5 Å². The molecule has 114 valence electrons. The van der Waals surface area contributed by atoms with E-state index in [1.807, 2.05) is 0 Å². The first-order valence-corrected chi connectivity index (χ1v) is 10.4. The van der Waals surface area contributed by atoms with Crippen LogP contribution in [0.5, 0.6) is 5.75 Å². The molecule has 1 aromatic rings. The Hall–Kier alpha value is -1.77. The summed E-state index contributed by atoms with van der Waals surface area (Å²) < 4.78 is 10.6. The van der Waals surface area contributed by atoms with Crippen molar-refractivity contribution in [3.63, 3.8) is 0 Å². The lowest BCUT2D eigenvalue weighted by atomic mass is 10.1. The Balaban J connectivity index is 2.99. The molecule has 0 bridgehead atoms. The molecule has 1 rings (SSSR count). The normalized spacial score (nSPS) is 10.7. The van der Waals surface area contributed by atoms with Crippen molar-refractivity contribution < 1.29 is 19.4 Å². The van der Waals surface area contributed by atoms with Crippen molar-refractivity contribution >= 4 is 14.0 Å². The second-order valence-corrected chi connectivity index (χ2v) is 10.5. The Bertz CT molecular complexity index is 550. The monoisotopic (exact) mass is 306 g/mol. The van der Waals surface area contributed by atoms with Gasteiger partial charge in [-0.3, -0.25) is 0 Å². The van der Waals surface area contributed by atoms with Gasteiger partial charge in [-0.05, 0) is 18.2 Å². The quantitative estimate of drug-likeness (QED) is 0.498. The number of carboxylic acids is 1. The van der Waals surface area contributed by atoms with E-state index in [4.69, 9.17) is 14.6 Å². The van der Waals surface area contributed by atoms with Gasteiger partial charge in [0.1, 0.15) is 13.8 Å². The molecule has 0 aliphatic rings. The van der Waals surface area contributed by atoms with Crippen LogP contribution >= 0.6 is 0 Å². The molecule has 0 aromatic heterocycles. The van der Waals surface area contributed by atoms with Crippen LogP contribution < -0.4 is 4.74 Å². The number of ether oxygens (including phenoxy) is 2. The van der Waals surface area contributed by atoms with Crippen LogP contribution in [0, 0.1) is 11.5 Å². The third-order valence-electron chi connectivity index (χ3n) is 2.55. The molecule has 0 aliphatic carbocycles. The van der Waals surface area contributed by atoms with Gasteiger partial charge in [0.05, 0.1) is 17.7 Å². The summed E-state index contributed by atoms with van der Waals surface area (Å²) >= 11 is 0. The van der Waals surface area contributed by atoms with Gasteiger partial charge in [-0.15, -0.1) is 5.54 Å². The third kappa shape index (κ3) is 6.47. The van der Waals surface area contributed by atoms with E-state index in [2.05, 4.69) is 31.1 Å². The maximum absolute atomic E-state index is 11.1. The minimum Gasteiger partial charge on any atom is -0.492 e. The number of rotatable bonds is 6. The number of hydrogen-bond donors (Lipinski definition) is 1. The van der Waals surface area contributed by atoms with Crippen LogP contribution in [0.25, 0.3) is 0 Å². The van der Waals surface area contributed by atoms with Crippen LogP contribution in [-0.2, 0) is 4.74 Å². The Morgan fingerprint density at radius 3 is 2.57 bits per heavy atom. The van der Waals surface area contributed by atoms with E-state index in [9.17, 15) is 4.79 Å². The van der Waals surface area contributed by atoms with Gasteiger partial charge in [0.2, 0.25) is 0 Å². The van der Waals surface area contributed by atoms with E-state index in [0.717, 1.165) is 12.0 Å². The van der Waals surface area contributed by atoms with Crippen molar-refractivity contribution in [2.24, 2.45) is 0 Å². The van der Waals surface area contributed by atoms with Crippen LogP contribution in [0.4, 0.5) is 0 Å². The molecule has 0 saturated heterocycles. The minimum absolute atomic E-state index is 0.204. The topological polar surface area (TPSA) is 55.8 Å². The molecule has 0 radical (unpaired) electrons. The average Bonchev–Trinajstić information content (AvgIpc) is 2.41. The van der Waals surface area contributed by atoms with E-state index in [-0.39, 0.29) is 5.56 Å². The van der Waals surface area contributed by atoms with Crippen molar-refractivity contribution in [2.45, 2.75) is 26.1 Å². The SMILES string of the molecule is COCCCOc1cc(C(=O)O)ccc1C#C[Si](C)(C)C. The Labute approximate surface area is 127 Å². The molecule has 0 fully saturated rings. The fraction of sp³-hybridized carbons (Fsp3) is 0.438. The zero-order valence-electron chi connectivity index (χ0n) is 13.0. The number of carboxylic acid groups (broad SMARTS) is 1. The maximum atomic E-state index is 11.1. The number of hydrogen-bond acceptors (Lipinski definition) is 3. The van der Waals surface area contributed by atoms with Gasteiger partial charge in [0.15, 0.2) is 0 Å². The van der Waals surface area contributed by atoms with E-state index in [0.29, 0.717) is 19.0 Å². The second kappa shape index (κ2) is 7.86. The molecule has 0 atom stereocenters. The zero-order chi connectivity index (χ0) is 15.9. The van der Waals surface area contributed by atoms with E-state index in [1.54, 1.807) is 19.2 Å². The first kappa shape index (κ1) is 17.3. The predicted molar refractivity (Wildman–Crippen MR) is 85.6 cm³/mol. The molecule has 0 heterocycles. The molecule has 0 amide bonds. The van der Waals surface area contributed by atoms with Crippen molar-refractivity contribution in [2.75, 3.05) is 20.3 Å². The van der Waals surface area contributed by atoms with Crippen LogP contribution in [0.15, 0.2) is 18.2 Å². The van der Waals surface area contributed by atoms with Crippen molar-refractivity contribution in [3.05, 3.63) is 29.3 Å². The first-order chi connectivity index (χ1) is 9.83. The summed E-state index contributed by atoms with van der Waals surface area (Å²) in [4.78, 5) is 11.1. The van der Waals surface area contributed by atoms with Crippen molar-refractivity contribution in [1.82, 2.24) is 0 Å². The lowest BCUT2D eigenvalue weighted by Crippen LogP contribution is -2.16. The van der Waals surface area contributed by atoms with E-state index < -0.39 is 14.0 Å². The Morgan fingerprint density at radius 2 is 2.00 bits per heavy atom. The Morgan fingerprint density at radius 1 is 1.29 bits per heavy atom. The van der Waals surface area contributed by atoms with Crippen molar-refractivity contribution in [1.29, 1.82) is 0 Å². The van der Waals surface area contributed by atoms with Crippen LogP contribution in [0.1, 0.15) is 22.3 Å². The molecule has 5 heteroatoms. The molecular weight excluding hydrogens is 284 g/mol. The lowest BCUT2D eigenvalue weighted by Gasteiger charge is -2.10.